The van der Waals surface area contributed by atoms with Gasteiger partial charge in [-0.3, -0.25) is 4.79 Å². The second-order valence-electron chi connectivity index (χ2n) is 3.71. The van der Waals surface area contributed by atoms with E-state index in [1.807, 2.05) is 37.3 Å². The van der Waals surface area contributed by atoms with Crippen LogP contribution in [0.4, 0.5) is 5.69 Å². The number of amides is 1. The molecular weight excluding hydrogens is 200 g/mol. The van der Waals surface area contributed by atoms with Crippen molar-refractivity contribution < 1.29 is 4.79 Å². The van der Waals surface area contributed by atoms with Crippen LogP contribution < -0.4 is 4.90 Å². The molecule has 0 saturated heterocycles. The molecule has 0 saturated carbocycles. The lowest BCUT2D eigenvalue weighted by Gasteiger charge is -2.21. The fourth-order valence-electron chi connectivity index (χ4n) is 1.53. The zero-order valence-corrected chi connectivity index (χ0v) is 9.68. The Bertz CT molecular complexity index is 381. The van der Waals surface area contributed by atoms with Gasteiger partial charge in [-0.2, -0.15) is 5.26 Å². The first-order valence-electron chi connectivity index (χ1n) is 5.44. The molecule has 84 valence electrons. The van der Waals surface area contributed by atoms with Crippen molar-refractivity contribution >= 4 is 11.6 Å². The number of carbonyl (C=O) groups excluding carboxylic acids is 1. The van der Waals surface area contributed by atoms with Gasteiger partial charge in [0, 0.05) is 18.7 Å². The predicted octanol–water partition coefficient (Wildman–Crippen LogP) is 2.59. The highest BCUT2D eigenvalue weighted by Crippen LogP contribution is 2.15. The smallest absolute Gasteiger partial charge is 0.228 e. The van der Waals surface area contributed by atoms with E-state index in [2.05, 4.69) is 6.07 Å². The van der Waals surface area contributed by atoms with Crippen molar-refractivity contribution in [1.82, 2.24) is 0 Å². The largest absolute Gasteiger partial charge is 0.313 e. The molecule has 16 heavy (non-hydrogen) atoms. The zero-order valence-electron chi connectivity index (χ0n) is 9.68. The minimum absolute atomic E-state index is 0.00255. The lowest BCUT2D eigenvalue weighted by atomic mass is 10.1. The maximum Gasteiger partial charge on any atom is 0.228 e. The van der Waals surface area contributed by atoms with Gasteiger partial charge in [-0.25, -0.2) is 0 Å². The second-order valence-corrected chi connectivity index (χ2v) is 3.71. The van der Waals surface area contributed by atoms with E-state index >= 15 is 0 Å². The quantitative estimate of drug-likeness (QED) is 0.776. The van der Waals surface area contributed by atoms with Crippen LogP contribution in [0.3, 0.4) is 0 Å². The Morgan fingerprint density at radius 3 is 2.56 bits per heavy atom. The third-order valence-electron chi connectivity index (χ3n) is 2.39. The van der Waals surface area contributed by atoms with Crippen molar-refractivity contribution in [2.45, 2.75) is 20.3 Å². The number of nitrogens with zero attached hydrogens (tertiary/aromatic N) is 2. The van der Waals surface area contributed by atoms with Gasteiger partial charge in [-0.05, 0) is 26.0 Å². The van der Waals surface area contributed by atoms with Gasteiger partial charge in [-0.1, -0.05) is 18.2 Å². The highest BCUT2D eigenvalue weighted by molar-refractivity contribution is 5.93. The molecule has 0 spiro atoms. The molecule has 1 atom stereocenters. The van der Waals surface area contributed by atoms with Crippen LogP contribution in [0.25, 0.3) is 0 Å². The van der Waals surface area contributed by atoms with E-state index in [0.29, 0.717) is 6.54 Å². The lowest BCUT2D eigenvalue weighted by molar-refractivity contribution is -0.119. The number of benzene rings is 1. The van der Waals surface area contributed by atoms with E-state index in [4.69, 9.17) is 5.26 Å². The first kappa shape index (κ1) is 12.3. The van der Waals surface area contributed by atoms with Crippen LogP contribution in [0, 0.1) is 17.2 Å². The van der Waals surface area contributed by atoms with E-state index in [1.165, 1.54) is 0 Å². The molecule has 3 heteroatoms. The molecule has 3 nitrogen and oxygen atoms in total. The molecule has 1 rings (SSSR count). The topological polar surface area (TPSA) is 44.1 Å². The summed E-state index contributed by atoms with van der Waals surface area (Å²) >= 11 is 0. The Morgan fingerprint density at radius 2 is 2.06 bits per heavy atom. The normalized spacial score (nSPS) is 11.6. The lowest BCUT2D eigenvalue weighted by Crippen LogP contribution is -2.31. The number of rotatable bonds is 4. The predicted molar refractivity (Wildman–Crippen MR) is 63.9 cm³/mol. The first-order chi connectivity index (χ1) is 7.69. The number of hydrogen-bond donors (Lipinski definition) is 0. The Kier molecular flexibility index (Phi) is 4.53. The Balaban J connectivity index is 2.76. The number of carbonyl (C=O) groups is 1. The molecule has 0 fully saturated rings. The zero-order chi connectivity index (χ0) is 12.0. The Morgan fingerprint density at radius 1 is 1.44 bits per heavy atom. The number of para-hydroxylation sites is 1. The van der Waals surface area contributed by atoms with Crippen molar-refractivity contribution in [3.63, 3.8) is 0 Å². The molecular formula is C13H16N2O. The molecule has 0 aliphatic heterocycles. The highest BCUT2D eigenvalue weighted by atomic mass is 16.2. The minimum Gasteiger partial charge on any atom is -0.313 e. The number of anilines is 1. The van der Waals surface area contributed by atoms with E-state index in [0.717, 1.165) is 5.69 Å². The summed E-state index contributed by atoms with van der Waals surface area (Å²) in [6, 6.07) is 11.6. The monoisotopic (exact) mass is 216 g/mol. The van der Waals surface area contributed by atoms with E-state index in [1.54, 1.807) is 11.8 Å². The van der Waals surface area contributed by atoms with Crippen LogP contribution >= 0.6 is 0 Å². The Labute approximate surface area is 96.3 Å². The molecule has 0 radical (unpaired) electrons. The van der Waals surface area contributed by atoms with E-state index in [9.17, 15) is 4.79 Å². The van der Waals surface area contributed by atoms with Crippen molar-refractivity contribution in [1.29, 1.82) is 5.26 Å². The van der Waals surface area contributed by atoms with Gasteiger partial charge in [0.1, 0.15) is 0 Å². The average molecular weight is 216 g/mol. The maximum absolute atomic E-state index is 11.9. The SMILES string of the molecule is CCN(C(=O)CC(C)C#N)c1ccccc1. The average Bonchev–Trinajstić information content (AvgIpc) is 2.31. The second kappa shape index (κ2) is 5.92. The van der Waals surface area contributed by atoms with Crippen LogP contribution in [0.1, 0.15) is 20.3 Å². The molecule has 1 aromatic rings. The standard InChI is InChI=1S/C13H16N2O/c1-3-15(12-7-5-4-6-8-12)13(16)9-11(2)10-14/h4-8,11H,3,9H2,1-2H3. The summed E-state index contributed by atoms with van der Waals surface area (Å²) in [5, 5.41) is 8.69. The molecule has 1 unspecified atom stereocenters. The number of hydrogen-bond acceptors (Lipinski definition) is 2. The van der Waals surface area contributed by atoms with Gasteiger partial charge < -0.3 is 4.90 Å². The van der Waals surface area contributed by atoms with E-state index in [-0.39, 0.29) is 18.2 Å². The van der Waals surface area contributed by atoms with Crippen LogP contribution in [-0.4, -0.2) is 12.5 Å². The van der Waals surface area contributed by atoms with Gasteiger partial charge in [0.25, 0.3) is 0 Å². The first-order valence-corrected chi connectivity index (χ1v) is 5.44. The van der Waals surface area contributed by atoms with Crippen molar-refractivity contribution in [2.24, 2.45) is 5.92 Å². The summed E-state index contributed by atoms with van der Waals surface area (Å²) < 4.78 is 0. The van der Waals surface area contributed by atoms with Crippen LogP contribution in [0.2, 0.25) is 0 Å². The fraction of sp³-hybridized carbons (Fsp3) is 0.385. The minimum atomic E-state index is -0.231. The fourth-order valence-corrected chi connectivity index (χ4v) is 1.53. The molecule has 0 aromatic heterocycles. The number of nitriles is 1. The van der Waals surface area contributed by atoms with E-state index < -0.39 is 0 Å². The maximum atomic E-state index is 11.9. The van der Waals surface area contributed by atoms with Gasteiger partial charge in [0.2, 0.25) is 5.91 Å². The molecule has 0 aliphatic rings. The Hall–Kier alpha value is -1.82. The van der Waals surface area contributed by atoms with Gasteiger partial charge in [0.05, 0.1) is 12.0 Å². The molecule has 0 N–H and O–H groups in total. The molecule has 1 aromatic carbocycles. The third kappa shape index (κ3) is 3.09. The van der Waals surface area contributed by atoms with Crippen molar-refractivity contribution in [2.75, 3.05) is 11.4 Å². The van der Waals surface area contributed by atoms with Gasteiger partial charge in [0.15, 0.2) is 0 Å². The summed E-state index contributed by atoms with van der Waals surface area (Å²) in [5.74, 6) is -0.229. The van der Waals surface area contributed by atoms with Crippen molar-refractivity contribution in [3.05, 3.63) is 30.3 Å². The molecule has 0 bridgehead atoms. The molecule has 1 amide bonds. The summed E-state index contributed by atoms with van der Waals surface area (Å²) in [4.78, 5) is 13.6. The summed E-state index contributed by atoms with van der Waals surface area (Å²) in [7, 11) is 0. The third-order valence-corrected chi connectivity index (χ3v) is 2.39. The van der Waals surface area contributed by atoms with Crippen molar-refractivity contribution in [3.8, 4) is 6.07 Å². The summed E-state index contributed by atoms with van der Waals surface area (Å²) in [6.45, 7) is 4.32. The van der Waals surface area contributed by atoms with Crippen LogP contribution in [0.5, 0.6) is 0 Å². The summed E-state index contributed by atoms with van der Waals surface area (Å²) in [6.07, 6.45) is 0.277. The van der Waals surface area contributed by atoms with Gasteiger partial charge in [-0.15, -0.1) is 0 Å². The van der Waals surface area contributed by atoms with Crippen LogP contribution in [-0.2, 0) is 4.79 Å². The summed E-state index contributed by atoms with van der Waals surface area (Å²) in [5.41, 5.74) is 0.889. The van der Waals surface area contributed by atoms with Gasteiger partial charge >= 0.3 is 0 Å². The highest BCUT2D eigenvalue weighted by Gasteiger charge is 2.16. The van der Waals surface area contributed by atoms with Crippen LogP contribution in [0.15, 0.2) is 30.3 Å². The molecule has 0 heterocycles. The molecule has 0 aliphatic carbocycles.